The molecule has 0 amide bonds. The first kappa shape index (κ1) is 19.5. The molecule has 0 bridgehead atoms. The molecule has 7 heteroatoms. The van der Waals surface area contributed by atoms with Crippen molar-refractivity contribution in [2.24, 2.45) is 0 Å². The Bertz CT molecular complexity index is 1020. The van der Waals surface area contributed by atoms with Gasteiger partial charge in [0, 0.05) is 0 Å². The molecule has 0 aliphatic carbocycles. The highest BCUT2D eigenvalue weighted by Gasteiger charge is 2.13. The van der Waals surface area contributed by atoms with E-state index in [4.69, 9.17) is 9.47 Å². The van der Waals surface area contributed by atoms with Crippen molar-refractivity contribution in [3.05, 3.63) is 64.4 Å². The molecule has 0 aliphatic heterocycles. The average molecular weight is 381 g/mol. The van der Waals surface area contributed by atoms with Gasteiger partial charge >= 0.3 is 5.97 Å². The minimum Gasteiger partial charge on any atom is -0.493 e. The summed E-state index contributed by atoms with van der Waals surface area (Å²) >= 11 is 0. The lowest BCUT2D eigenvalue weighted by Gasteiger charge is -2.19. The van der Waals surface area contributed by atoms with Crippen molar-refractivity contribution in [2.75, 3.05) is 6.61 Å². The van der Waals surface area contributed by atoms with E-state index in [-0.39, 0.29) is 30.7 Å². The molecule has 3 aromatic rings. The number of benzene rings is 2. The van der Waals surface area contributed by atoms with Crippen LogP contribution in [0.4, 0.5) is 0 Å². The Balaban J connectivity index is 1.49. The van der Waals surface area contributed by atoms with Crippen LogP contribution in [0.25, 0.3) is 10.9 Å². The van der Waals surface area contributed by atoms with Gasteiger partial charge in [-0.15, -0.1) is 5.10 Å². The lowest BCUT2D eigenvalue weighted by Crippen LogP contribution is -2.26. The molecule has 0 radical (unpaired) electrons. The van der Waals surface area contributed by atoms with Crippen LogP contribution in [0.1, 0.15) is 32.8 Å². The molecule has 0 aliphatic rings. The van der Waals surface area contributed by atoms with E-state index in [1.165, 1.54) is 5.56 Å². The van der Waals surface area contributed by atoms with E-state index in [1.807, 2.05) is 24.3 Å². The number of esters is 1. The fourth-order valence-corrected chi connectivity index (χ4v) is 2.62. The third-order valence-corrected chi connectivity index (χ3v) is 4.27. The molecule has 0 saturated heterocycles. The van der Waals surface area contributed by atoms with E-state index in [0.717, 1.165) is 4.68 Å². The minimum atomic E-state index is -0.479. The second-order valence-electron chi connectivity index (χ2n) is 7.43. The van der Waals surface area contributed by atoms with Gasteiger partial charge in [0.15, 0.2) is 6.73 Å². The molecular weight excluding hydrogens is 358 g/mol. The zero-order chi connectivity index (χ0) is 20.1. The van der Waals surface area contributed by atoms with Gasteiger partial charge in [0.2, 0.25) is 0 Å². The van der Waals surface area contributed by atoms with Crippen molar-refractivity contribution in [1.29, 1.82) is 0 Å². The molecular formula is C21H23N3O4. The van der Waals surface area contributed by atoms with Crippen LogP contribution in [0.3, 0.4) is 0 Å². The molecule has 7 nitrogen and oxygen atoms in total. The van der Waals surface area contributed by atoms with Gasteiger partial charge in [-0.1, -0.05) is 50.3 Å². The van der Waals surface area contributed by atoms with Gasteiger partial charge in [-0.05, 0) is 35.2 Å². The smallest absolute Gasteiger partial charge is 0.311 e. The first-order valence-electron chi connectivity index (χ1n) is 9.06. The molecule has 0 atom stereocenters. The third-order valence-electron chi connectivity index (χ3n) is 4.27. The topological polar surface area (TPSA) is 83.3 Å². The van der Waals surface area contributed by atoms with E-state index in [2.05, 4.69) is 31.1 Å². The van der Waals surface area contributed by atoms with E-state index < -0.39 is 5.97 Å². The van der Waals surface area contributed by atoms with Crippen molar-refractivity contribution in [2.45, 2.75) is 39.3 Å². The normalized spacial score (nSPS) is 11.4. The largest absolute Gasteiger partial charge is 0.493 e. The van der Waals surface area contributed by atoms with Crippen LogP contribution >= 0.6 is 0 Å². The summed E-state index contributed by atoms with van der Waals surface area (Å²) in [5.74, 6) is 0.214. The molecule has 2 aromatic carbocycles. The summed E-state index contributed by atoms with van der Waals surface area (Å²) in [6.45, 7) is 6.33. The standard InChI is InChI=1S/C21H23N3O4/c1-21(2,3)15-8-10-16(11-9-15)27-13-12-19(25)28-14-24-20(26)17-6-4-5-7-18(17)22-23-24/h4-11H,12-14H2,1-3H3. The maximum atomic E-state index is 12.3. The van der Waals surface area contributed by atoms with Crippen LogP contribution in [0.5, 0.6) is 5.75 Å². The predicted octanol–water partition coefficient (Wildman–Crippen LogP) is 3.06. The fourth-order valence-electron chi connectivity index (χ4n) is 2.62. The van der Waals surface area contributed by atoms with Crippen molar-refractivity contribution in [3.8, 4) is 5.75 Å². The van der Waals surface area contributed by atoms with Crippen LogP contribution in [-0.2, 0) is 21.7 Å². The Hall–Kier alpha value is -3.22. The molecule has 0 unspecified atom stereocenters. The SMILES string of the molecule is CC(C)(C)c1ccc(OCCC(=O)OCn2nnc3ccccc3c2=O)cc1. The highest BCUT2D eigenvalue weighted by atomic mass is 16.5. The van der Waals surface area contributed by atoms with Gasteiger partial charge in [-0.3, -0.25) is 9.59 Å². The first-order chi connectivity index (χ1) is 13.3. The lowest BCUT2D eigenvalue weighted by atomic mass is 9.87. The summed E-state index contributed by atoms with van der Waals surface area (Å²) in [6.07, 6.45) is 0.0663. The van der Waals surface area contributed by atoms with Gasteiger partial charge in [0.05, 0.1) is 18.4 Å². The summed E-state index contributed by atoms with van der Waals surface area (Å²) in [7, 11) is 0. The summed E-state index contributed by atoms with van der Waals surface area (Å²) < 4.78 is 11.7. The van der Waals surface area contributed by atoms with E-state index in [1.54, 1.807) is 24.3 Å². The number of fused-ring (bicyclic) bond motifs is 1. The van der Waals surface area contributed by atoms with E-state index >= 15 is 0 Å². The number of hydrogen-bond acceptors (Lipinski definition) is 6. The number of rotatable bonds is 6. The molecule has 0 fully saturated rings. The maximum Gasteiger partial charge on any atom is 0.311 e. The molecule has 3 rings (SSSR count). The Morgan fingerprint density at radius 2 is 1.79 bits per heavy atom. The molecule has 28 heavy (non-hydrogen) atoms. The monoisotopic (exact) mass is 381 g/mol. The number of carbonyl (C=O) groups is 1. The maximum absolute atomic E-state index is 12.3. The predicted molar refractivity (Wildman–Crippen MR) is 105 cm³/mol. The zero-order valence-electron chi connectivity index (χ0n) is 16.2. The highest BCUT2D eigenvalue weighted by Crippen LogP contribution is 2.24. The second kappa shape index (κ2) is 8.21. The van der Waals surface area contributed by atoms with Gasteiger partial charge in [-0.2, -0.15) is 4.68 Å². The molecule has 0 N–H and O–H groups in total. The van der Waals surface area contributed by atoms with Crippen LogP contribution in [-0.4, -0.2) is 27.6 Å². The first-order valence-corrected chi connectivity index (χ1v) is 9.06. The number of nitrogens with zero attached hydrogens (tertiary/aromatic N) is 3. The second-order valence-corrected chi connectivity index (χ2v) is 7.43. The van der Waals surface area contributed by atoms with Crippen LogP contribution in [0.2, 0.25) is 0 Å². The molecule has 0 spiro atoms. The van der Waals surface area contributed by atoms with E-state index in [0.29, 0.717) is 16.7 Å². The summed E-state index contributed by atoms with van der Waals surface area (Å²) in [6, 6.07) is 14.7. The molecule has 146 valence electrons. The fraction of sp³-hybridized carbons (Fsp3) is 0.333. The van der Waals surface area contributed by atoms with E-state index in [9.17, 15) is 9.59 Å². The number of aromatic nitrogens is 3. The zero-order valence-corrected chi connectivity index (χ0v) is 16.2. The Morgan fingerprint density at radius 1 is 1.07 bits per heavy atom. The van der Waals surface area contributed by atoms with Crippen molar-refractivity contribution < 1.29 is 14.3 Å². The third kappa shape index (κ3) is 4.73. The molecule has 1 aromatic heterocycles. The van der Waals surface area contributed by atoms with Crippen LogP contribution in [0.15, 0.2) is 53.3 Å². The van der Waals surface area contributed by atoms with Crippen molar-refractivity contribution >= 4 is 16.9 Å². The quantitative estimate of drug-likeness (QED) is 0.610. The van der Waals surface area contributed by atoms with Gasteiger partial charge in [0.25, 0.3) is 5.56 Å². The summed E-state index contributed by atoms with van der Waals surface area (Å²) in [4.78, 5) is 24.2. The number of carbonyl (C=O) groups excluding carboxylic acids is 1. The summed E-state index contributed by atoms with van der Waals surface area (Å²) in [5.41, 5.74) is 1.43. The van der Waals surface area contributed by atoms with Crippen molar-refractivity contribution in [3.63, 3.8) is 0 Å². The van der Waals surface area contributed by atoms with Crippen LogP contribution < -0.4 is 10.3 Å². The average Bonchev–Trinajstić information content (AvgIpc) is 2.67. The molecule has 1 heterocycles. The number of hydrogen-bond donors (Lipinski definition) is 0. The van der Waals surface area contributed by atoms with Crippen molar-refractivity contribution in [1.82, 2.24) is 15.0 Å². The minimum absolute atomic E-state index is 0.0663. The van der Waals surface area contributed by atoms with Gasteiger partial charge in [0.1, 0.15) is 11.3 Å². The molecule has 0 saturated carbocycles. The number of ether oxygens (including phenoxy) is 2. The Kier molecular flexibility index (Phi) is 5.73. The Morgan fingerprint density at radius 3 is 2.50 bits per heavy atom. The van der Waals surface area contributed by atoms with Crippen LogP contribution in [0, 0.1) is 0 Å². The Labute approximate surface area is 162 Å². The lowest BCUT2D eigenvalue weighted by molar-refractivity contribution is -0.148. The highest BCUT2D eigenvalue weighted by molar-refractivity contribution is 5.76. The van der Waals surface area contributed by atoms with Gasteiger partial charge in [-0.25, -0.2) is 0 Å². The summed E-state index contributed by atoms with van der Waals surface area (Å²) in [5, 5.41) is 8.15. The van der Waals surface area contributed by atoms with Gasteiger partial charge < -0.3 is 9.47 Å².